The Balaban J connectivity index is 1.86. The molecule has 110 valence electrons. The number of anilines is 1. The number of halogens is 1. The maximum absolute atomic E-state index is 13.5. The molecule has 1 fully saturated rings. The fraction of sp³-hybridized carbons (Fsp3) is 0.533. The number of urea groups is 1. The van der Waals surface area contributed by atoms with Gasteiger partial charge in [0.1, 0.15) is 0 Å². The summed E-state index contributed by atoms with van der Waals surface area (Å²) in [6, 6.07) is 4.29. The average molecular weight is 280 g/mol. The quantitative estimate of drug-likeness (QED) is 0.889. The number of methoxy groups -OCH3 is 1. The van der Waals surface area contributed by atoms with Crippen molar-refractivity contribution < 1.29 is 13.9 Å². The summed E-state index contributed by atoms with van der Waals surface area (Å²) in [5.41, 5.74) is 0.421. The van der Waals surface area contributed by atoms with Gasteiger partial charge in [0.05, 0.1) is 7.11 Å². The second-order valence-electron chi connectivity index (χ2n) is 5.40. The fourth-order valence-corrected chi connectivity index (χ4v) is 2.50. The molecule has 4 nitrogen and oxygen atoms in total. The van der Waals surface area contributed by atoms with Crippen molar-refractivity contribution in [2.75, 3.05) is 12.4 Å². The Bertz CT molecular complexity index is 471. The van der Waals surface area contributed by atoms with Gasteiger partial charge in [-0.2, -0.15) is 0 Å². The van der Waals surface area contributed by atoms with Gasteiger partial charge in [-0.3, -0.25) is 0 Å². The Hall–Kier alpha value is -1.78. The number of ether oxygens (including phenoxy) is 1. The number of nitrogens with one attached hydrogen (secondary N) is 2. The van der Waals surface area contributed by atoms with Gasteiger partial charge in [-0.1, -0.05) is 6.92 Å². The van der Waals surface area contributed by atoms with E-state index in [2.05, 4.69) is 17.6 Å². The monoisotopic (exact) mass is 280 g/mol. The summed E-state index contributed by atoms with van der Waals surface area (Å²) < 4.78 is 18.3. The SMILES string of the molecule is COc1ccc(NC(=O)NC2CCC(C)CC2)cc1F. The first-order chi connectivity index (χ1) is 9.58. The summed E-state index contributed by atoms with van der Waals surface area (Å²) in [7, 11) is 1.41. The summed E-state index contributed by atoms with van der Waals surface area (Å²) in [4.78, 5) is 11.9. The Kier molecular flexibility index (Phi) is 4.82. The first-order valence-corrected chi connectivity index (χ1v) is 6.99. The third-order valence-corrected chi connectivity index (χ3v) is 3.76. The smallest absolute Gasteiger partial charge is 0.319 e. The molecule has 2 N–H and O–H groups in total. The molecule has 20 heavy (non-hydrogen) atoms. The summed E-state index contributed by atoms with van der Waals surface area (Å²) >= 11 is 0. The standard InChI is InChI=1S/C15H21FN2O2/c1-10-3-5-11(6-4-10)17-15(19)18-12-7-8-14(20-2)13(16)9-12/h7-11H,3-6H2,1-2H3,(H2,17,18,19). The first kappa shape index (κ1) is 14.6. The van der Waals surface area contributed by atoms with Crippen LogP contribution in [-0.4, -0.2) is 19.2 Å². The minimum atomic E-state index is -0.489. The van der Waals surface area contributed by atoms with Crippen LogP contribution in [0.4, 0.5) is 14.9 Å². The molecule has 2 rings (SSSR count). The van der Waals surface area contributed by atoms with Crippen LogP contribution in [0.2, 0.25) is 0 Å². The lowest BCUT2D eigenvalue weighted by Gasteiger charge is -2.26. The summed E-state index contributed by atoms with van der Waals surface area (Å²) in [6.45, 7) is 2.23. The molecule has 0 atom stereocenters. The lowest BCUT2D eigenvalue weighted by molar-refractivity contribution is 0.239. The van der Waals surface area contributed by atoms with Crippen molar-refractivity contribution in [1.29, 1.82) is 0 Å². The van der Waals surface area contributed by atoms with Gasteiger partial charge in [0.2, 0.25) is 0 Å². The largest absolute Gasteiger partial charge is 0.494 e. The predicted molar refractivity (Wildman–Crippen MR) is 76.5 cm³/mol. The number of amides is 2. The van der Waals surface area contributed by atoms with Crippen LogP contribution >= 0.6 is 0 Å². The maximum atomic E-state index is 13.5. The Labute approximate surface area is 118 Å². The molecular weight excluding hydrogens is 259 g/mol. The van der Waals surface area contributed by atoms with Crippen LogP contribution in [-0.2, 0) is 0 Å². The van der Waals surface area contributed by atoms with E-state index < -0.39 is 5.82 Å². The van der Waals surface area contributed by atoms with Gasteiger partial charge in [0.15, 0.2) is 11.6 Å². The van der Waals surface area contributed by atoms with E-state index >= 15 is 0 Å². The molecule has 1 aromatic carbocycles. The van der Waals surface area contributed by atoms with Gasteiger partial charge in [-0.15, -0.1) is 0 Å². The van der Waals surface area contributed by atoms with Gasteiger partial charge in [-0.25, -0.2) is 9.18 Å². The van der Waals surface area contributed by atoms with E-state index in [1.807, 2.05) is 0 Å². The molecular formula is C15H21FN2O2. The Morgan fingerprint density at radius 2 is 2.00 bits per heavy atom. The number of benzene rings is 1. The van der Waals surface area contributed by atoms with Crippen LogP contribution in [0.3, 0.4) is 0 Å². The molecule has 2 amide bonds. The van der Waals surface area contributed by atoms with Crippen molar-refractivity contribution >= 4 is 11.7 Å². The minimum absolute atomic E-state index is 0.164. The molecule has 1 saturated carbocycles. The van der Waals surface area contributed by atoms with E-state index in [9.17, 15) is 9.18 Å². The van der Waals surface area contributed by atoms with E-state index in [0.29, 0.717) is 5.69 Å². The zero-order chi connectivity index (χ0) is 14.5. The summed E-state index contributed by atoms with van der Waals surface area (Å²) in [5, 5.41) is 5.58. The summed E-state index contributed by atoms with van der Waals surface area (Å²) in [6.07, 6.45) is 4.29. The molecule has 0 bridgehead atoms. The van der Waals surface area contributed by atoms with Crippen LogP contribution in [0.1, 0.15) is 32.6 Å². The normalized spacial score (nSPS) is 22.1. The zero-order valence-electron chi connectivity index (χ0n) is 11.9. The molecule has 1 aromatic rings. The van der Waals surface area contributed by atoms with Crippen LogP contribution in [0.5, 0.6) is 5.75 Å². The highest BCUT2D eigenvalue weighted by molar-refractivity contribution is 5.89. The molecule has 0 saturated heterocycles. The van der Waals surface area contributed by atoms with Crippen LogP contribution in [0.25, 0.3) is 0 Å². The lowest BCUT2D eigenvalue weighted by atomic mass is 9.87. The highest BCUT2D eigenvalue weighted by atomic mass is 19.1. The number of hydrogen-bond donors (Lipinski definition) is 2. The molecule has 0 radical (unpaired) electrons. The van der Waals surface area contributed by atoms with Gasteiger partial charge in [-0.05, 0) is 43.7 Å². The number of rotatable bonds is 3. The third kappa shape index (κ3) is 3.85. The fourth-order valence-electron chi connectivity index (χ4n) is 2.50. The van der Waals surface area contributed by atoms with Crippen molar-refractivity contribution in [2.45, 2.75) is 38.6 Å². The Morgan fingerprint density at radius 1 is 1.30 bits per heavy atom. The molecule has 5 heteroatoms. The van der Waals surface area contributed by atoms with Crippen molar-refractivity contribution in [2.24, 2.45) is 5.92 Å². The number of carbonyl (C=O) groups is 1. The molecule has 0 unspecified atom stereocenters. The Morgan fingerprint density at radius 3 is 2.60 bits per heavy atom. The minimum Gasteiger partial charge on any atom is -0.494 e. The van der Waals surface area contributed by atoms with E-state index in [0.717, 1.165) is 31.6 Å². The van der Waals surface area contributed by atoms with E-state index in [-0.39, 0.29) is 17.8 Å². The average Bonchev–Trinajstić information content (AvgIpc) is 2.41. The molecule has 0 heterocycles. The second kappa shape index (κ2) is 6.59. The molecule has 1 aliphatic rings. The number of hydrogen-bond acceptors (Lipinski definition) is 2. The number of carbonyl (C=O) groups excluding carboxylic acids is 1. The van der Waals surface area contributed by atoms with Crippen molar-refractivity contribution in [3.05, 3.63) is 24.0 Å². The first-order valence-electron chi connectivity index (χ1n) is 6.99. The molecule has 0 aliphatic heterocycles. The zero-order valence-corrected chi connectivity index (χ0v) is 11.9. The molecule has 0 spiro atoms. The highest BCUT2D eigenvalue weighted by Gasteiger charge is 2.19. The lowest BCUT2D eigenvalue weighted by Crippen LogP contribution is -2.39. The predicted octanol–water partition coefficient (Wildman–Crippen LogP) is 3.53. The molecule has 0 aromatic heterocycles. The van der Waals surface area contributed by atoms with Crippen LogP contribution in [0.15, 0.2) is 18.2 Å². The highest BCUT2D eigenvalue weighted by Crippen LogP contribution is 2.24. The topological polar surface area (TPSA) is 50.4 Å². The van der Waals surface area contributed by atoms with Crippen molar-refractivity contribution in [3.8, 4) is 5.75 Å². The van der Waals surface area contributed by atoms with Crippen LogP contribution in [0, 0.1) is 11.7 Å². The van der Waals surface area contributed by atoms with Gasteiger partial charge in [0, 0.05) is 17.8 Å². The van der Waals surface area contributed by atoms with E-state index in [4.69, 9.17) is 4.74 Å². The van der Waals surface area contributed by atoms with Gasteiger partial charge < -0.3 is 15.4 Å². The van der Waals surface area contributed by atoms with E-state index in [1.54, 1.807) is 6.07 Å². The van der Waals surface area contributed by atoms with Gasteiger partial charge >= 0.3 is 6.03 Å². The maximum Gasteiger partial charge on any atom is 0.319 e. The second-order valence-corrected chi connectivity index (χ2v) is 5.40. The summed E-state index contributed by atoms with van der Waals surface area (Å²) in [5.74, 6) is 0.417. The van der Waals surface area contributed by atoms with Gasteiger partial charge in [0.25, 0.3) is 0 Å². The van der Waals surface area contributed by atoms with Crippen molar-refractivity contribution in [1.82, 2.24) is 5.32 Å². The van der Waals surface area contributed by atoms with Crippen LogP contribution < -0.4 is 15.4 Å². The third-order valence-electron chi connectivity index (χ3n) is 3.76. The van der Waals surface area contributed by atoms with Crippen molar-refractivity contribution in [3.63, 3.8) is 0 Å². The van der Waals surface area contributed by atoms with E-state index in [1.165, 1.54) is 19.2 Å². The molecule has 1 aliphatic carbocycles.